The minimum absolute atomic E-state index is 0.106. The lowest BCUT2D eigenvalue weighted by Crippen LogP contribution is -2.37. The normalized spacial score (nSPS) is 12.7. The van der Waals surface area contributed by atoms with Gasteiger partial charge in [0.2, 0.25) is 11.0 Å². The predicted octanol–water partition coefficient (Wildman–Crippen LogP) is 4.60. The third-order valence-corrected chi connectivity index (χ3v) is 8.58. The molecule has 0 fully saturated rings. The first kappa shape index (κ1) is 23.0. The molecular formula is C30H25N3O4S. The summed E-state index contributed by atoms with van der Waals surface area (Å²) in [7, 11) is -1.57. The van der Waals surface area contributed by atoms with Crippen LogP contribution in [0.1, 0.15) is 6.42 Å². The largest absolute Gasteiger partial charge is 0.871 e. The van der Waals surface area contributed by atoms with Crippen LogP contribution in [-0.4, -0.2) is 32.8 Å². The second-order valence-corrected chi connectivity index (χ2v) is 11.8. The molecule has 0 saturated heterocycles. The third kappa shape index (κ3) is 3.17. The third-order valence-electron chi connectivity index (χ3n) is 7.47. The van der Waals surface area contributed by atoms with E-state index in [4.69, 9.17) is 4.42 Å². The minimum atomic E-state index is -3.52. The van der Waals surface area contributed by atoms with Gasteiger partial charge in [0.15, 0.2) is 16.4 Å². The van der Waals surface area contributed by atoms with Gasteiger partial charge in [0, 0.05) is 42.6 Å². The van der Waals surface area contributed by atoms with Gasteiger partial charge in [-0.1, -0.05) is 30.0 Å². The topological polar surface area (TPSA) is 91.2 Å². The lowest BCUT2D eigenvalue weighted by Gasteiger charge is -2.26. The maximum Gasteiger partial charge on any atom is 0.217 e. The van der Waals surface area contributed by atoms with Crippen molar-refractivity contribution in [3.63, 3.8) is 0 Å². The van der Waals surface area contributed by atoms with Crippen molar-refractivity contribution in [2.24, 2.45) is 0 Å². The predicted molar refractivity (Wildman–Crippen MR) is 147 cm³/mol. The van der Waals surface area contributed by atoms with Crippen LogP contribution in [0.15, 0.2) is 82.1 Å². The summed E-state index contributed by atoms with van der Waals surface area (Å²) in [6.07, 6.45) is 2.09. The number of rotatable bonds is 6. The monoisotopic (exact) mass is 523 g/mol. The van der Waals surface area contributed by atoms with E-state index in [0.29, 0.717) is 11.3 Å². The standard InChI is InChI=1S/C30H25N3O4S/c1-31-15-6-16-32-19-7-3-9-21-27(19)30-28-20(32)8-4-11-25(28)37-26-12-5-10-22(29(26)30)33(21)23-17-18(38(2,35)36)13-14-24(23)34/h3-5,7-14,17,31H,6,15-16H2,1-2H3. The van der Waals surface area contributed by atoms with E-state index in [2.05, 4.69) is 22.0 Å². The second kappa shape index (κ2) is 8.18. The molecule has 7 nitrogen and oxygen atoms in total. The maximum atomic E-state index is 13.3. The highest BCUT2D eigenvalue weighted by atomic mass is 32.2. The van der Waals surface area contributed by atoms with E-state index in [1.807, 2.05) is 54.1 Å². The van der Waals surface area contributed by atoms with Crippen molar-refractivity contribution in [3.05, 3.63) is 72.8 Å². The molecule has 5 aromatic rings. The lowest BCUT2D eigenvalue weighted by molar-refractivity contribution is -0.645. The minimum Gasteiger partial charge on any atom is -0.871 e. The Kier molecular flexibility index (Phi) is 4.95. The Hall–Kier alpha value is -4.14. The number of pyridine rings is 2. The molecule has 7 rings (SSSR count). The average molecular weight is 524 g/mol. The molecule has 2 aliphatic heterocycles. The smallest absolute Gasteiger partial charge is 0.217 e. The molecule has 2 aliphatic rings. The van der Waals surface area contributed by atoms with E-state index < -0.39 is 9.84 Å². The van der Waals surface area contributed by atoms with Crippen LogP contribution >= 0.6 is 0 Å². The van der Waals surface area contributed by atoms with Gasteiger partial charge < -0.3 is 19.4 Å². The van der Waals surface area contributed by atoms with Crippen molar-refractivity contribution < 1.29 is 22.5 Å². The number of sulfone groups is 1. The van der Waals surface area contributed by atoms with E-state index in [1.54, 1.807) is 0 Å². The summed E-state index contributed by atoms with van der Waals surface area (Å²) in [6, 6.07) is 22.3. The Morgan fingerprint density at radius 3 is 2.39 bits per heavy atom. The summed E-state index contributed by atoms with van der Waals surface area (Å²) in [4.78, 5) is 0.106. The van der Waals surface area contributed by atoms with Gasteiger partial charge in [0.1, 0.15) is 11.2 Å². The van der Waals surface area contributed by atoms with Gasteiger partial charge in [-0.2, -0.15) is 4.57 Å². The van der Waals surface area contributed by atoms with Crippen LogP contribution < -0.4 is 15.0 Å². The van der Waals surface area contributed by atoms with E-state index >= 15 is 0 Å². The fourth-order valence-corrected chi connectivity index (χ4v) is 6.53. The Balaban J connectivity index is 1.73. The summed E-state index contributed by atoms with van der Waals surface area (Å²) in [5.41, 5.74) is 7.58. The Labute approximate surface area is 219 Å². The molecule has 0 amide bonds. The molecule has 0 saturated carbocycles. The van der Waals surface area contributed by atoms with E-state index in [-0.39, 0.29) is 10.6 Å². The summed E-state index contributed by atoms with van der Waals surface area (Å²) in [5.74, 6) is -0.254. The molecule has 38 heavy (non-hydrogen) atoms. The number of aryl methyl sites for hydroxylation is 1. The lowest BCUT2D eigenvalue weighted by atomic mass is 9.90. The van der Waals surface area contributed by atoms with Crippen LogP contribution in [0.25, 0.3) is 60.8 Å². The number of nitrogens with zero attached hydrogens (tertiary/aromatic N) is 2. The Morgan fingerprint density at radius 1 is 0.895 bits per heavy atom. The second-order valence-electron chi connectivity index (χ2n) is 9.79. The van der Waals surface area contributed by atoms with Crippen molar-refractivity contribution in [2.45, 2.75) is 17.9 Å². The molecule has 4 aromatic carbocycles. The first-order valence-corrected chi connectivity index (χ1v) is 14.5. The number of hydrogen-bond donors (Lipinski definition) is 1. The zero-order valence-electron chi connectivity index (χ0n) is 21.0. The number of benzene rings is 4. The molecular weight excluding hydrogens is 498 g/mol. The van der Waals surface area contributed by atoms with Crippen molar-refractivity contribution in [1.82, 2.24) is 9.88 Å². The van der Waals surface area contributed by atoms with Crippen molar-refractivity contribution >= 4 is 53.8 Å². The zero-order chi connectivity index (χ0) is 26.2. The molecule has 1 N–H and O–H groups in total. The van der Waals surface area contributed by atoms with Gasteiger partial charge in [0.05, 0.1) is 32.3 Å². The van der Waals surface area contributed by atoms with Crippen LogP contribution in [0.5, 0.6) is 5.75 Å². The summed E-state index contributed by atoms with van der Waals surface area (Å²) >= 11 is 0. The van der Waals surface area contributed by atoms with E-state index in [1.165, 1.54) is 18.2 Å². The molecule has 0 radical (unpaired) electrons. The van der Waals surface area contributed by atoms with Crippen molar-refractivity contribution in [2.75, 3.05) is 19.8 Å². The molecule has 190 valence electrons. The Morgan fingerprint density at radius 2 is 1.61 bits per heavy atom. The fourth-order valence-electron chi connectivity index (χ4n) is 5.89. The molecule has 0 bridgehead atoms. The van der Waals surface area contributed by atoms with E-state index in [0.717, 1.165) is 75.3 Å². The first-order chi connectivity index (χ1) is 18.4. The number of aromatic nitrogens is 2. The highest BCUT2D eigenvalue weighted by Gasteiger charge is 2.31. The fraction of sp³-hybridized carbons (Fsp3) is 0.167. The SMILES string of the molecule is CNCCC[n+]1c2cccc3oc4cccc5c4-c(c32)c2c(cccc21)n5-c1cc(S(C)(=O)=O)ccc1[O-]. The van der Waals surface area contributed by atoms with Gasteiger partial charge >= 0.3 is 0 Å². The molecule has 8 heteroatoms. The first-order valence-electron chi connectivity index (χ1n) is 12.6. The molecule has 0 spiro atoms. The average Bonchev–Trinajstić information content (AvgIpc) is 2.90. The maximum absolute atomic E-state index is 13.3. The summed E-state index contributed by atoms with van der Waals surface area (Å²) in [6.45, 7) is 1.68. The molecule has 3 heterocycles. The zero-order valence-corrected chi connectivity index (χ0v) is 21.8. The Bertz CT molecular complexity index is 2090. The van der Waals surface area contributed by atoms with Gasteiger partial charge in [0.25, 0.3) is 0 Å². The molecule has 1 aromatic heterocycles. The molecule has 0 aliphatic carbocycles. The number of hydrogen-bond acceptors (Lipinski definition) is 5. The molecule has 0 unspecified atom stereocenters. The van der Waals surface area contributed by atoms with E-state index in [9.17, 15) is 13.5 Å². The van der Waals surface area contributed by atoms with Crippen LogP contribution in [0.3, 0.4) is 0 Å². The number of nitrogens with one attached hydrogen (secondary N) is 1. The van der Waals surface area contributed by atoms with Crippen molar-refractivity contribution in [3.8, 4) is 22.6 Å². The van der Waals surface area contributed by atoms with Gasteiger partial charge in [-0.25, -0.2) is 8.42 Å². The van der Waals surface area contributed by atoms with Crippen LogP contribution in [0.4, 0.5) is 0 Å². The highest BCUT2D eigenvalue weighted by Crippen LogP contribution is 2.48. The van der Waals surface area contributed by atoms with Gasteiger partial charge in [-0.15, -0.1) is 0 Å². The summed E-state index contributed by atoms with van der Waals surface area (Å²) in [5, 5.41) is 18.6. The highest BCUT2D eigenvalue weighted by molar-refractivity contribution is 7.90. The quantitative estimate of drug-likeness (QED) is 0.149. The van der Waals surface area contributed by atoms with Gasteiger partial charge in [-0.05, 0) is 43.4 Å². The van der Waals surface area contributed by atoms with Crippen LogP contribution in [0, 0.1) is 0 Å². The van der Waals surface area contributed by atoms with Gasteiger partial charge in [-0.3, -0.25) is 0 Å². The van der Waals surface area contributed by atoms with Crippen LogP contribution in [0.2, 0.25) is 0 Å². The van der Waals surface area contributed by atoms with Crippen molar-refractivity contribution in [1.29, 1.82) is 0 Å². The van der Waals surface area contributed by atoms with Crippen LogP contribution in [-0.2, 0) is 16.4 Å². The molecule has 0 atom stereocenters. The summed E-state index contributed by atoms with van der Waals surface area (Å²) < 4.78 is 35.6.